The second-order valence-corrected chi connectivity index (χ2v) is 4.31. The summed E-state index contributed by atoms with van der Waals surface area (Å²) < 4.78 is 9.96. The minimum atomic E-state index is -0.231. The molecule has 0 radical (unpaired) electrons. The Morgan fingerprint density at radius 1 is 1.00 bits per heavy atom. The lowest BCUT2D eigenvalue weighted by atomic mass is 9.76. The molecule has 2 heterocycles. The first-order valence-electron chi connectivity index (χ1n) is 5.51. The van der Waals surface area contributed by atoms with E-state index >= 15 is 0 Å². The van der Waals surface area contributed by atoms with E-state index < -0.39 is 0 Å². The number of rotatable bonds is 1. The highest BCUT2D eigenvalue weighted by Gasteiger charge is 2.42. The highest BCUT2D eigenvalue weighted by atomic mass is 16.5. The van der Waals surface area contributed by atoms with Crippen molar-refractivity contribution < 1.29 is 19.1 Å². The number of carbonyl (C=O) groups is 2. The summed E-state index contributed by atoms with van der Waals surface area (Å²) in [5.41, 5.74) is 1.48. The molecular formula is C12H12O4. The van der Waals surface area contributed by atoms with Crippen LogP contribution in [0, 0.1) is 11.8 Å². The Hall–Kier alpha value is -1.58. The van der Waals surface area contributed by atoms with Gasteiger partial charge in [-0.25, -0.2) is 9.59 Å². The van der Waals surface area contributed by atoms with Gasteiger partial charge in [0.05, 0.1) is 6.61 Å². The molecule has 4 heteroatoms. The van der Waals surface area contributed by atoms with E-state index in [-0.39, 0.29) is 23.8 Å². The monoisotopic (exact) mass is 220 g/mol. The van der Waals surface area contributed by atoms with Crippen LogP contribution < -0.4 is 0 Å². The third-order valence-corrected chi connectivity index (χ3v) is 3.51. The summed E-state index contributed by atoms with van der Waals surface area (Å²) in [4.78, 5) is 22.9. The summed E-state index contributed by atoms with van der Waals surface area (Å²) in [6.45, 7) is 0.769. The predicted molar refractivity (Wildman–Crippen MR) is 54.3 cm³/mol. The molecule has 0 bridgehead atoms. The molecule has 84 valence electrons. The van der Waals surface area contributed by atoms with E-state index in [0.29, 0.717) is 13.2 Å². The molecule has 0 saturated carbocycles. The molecule has 0 aromatic rings. The normalized spacial score (nSPS) is 32.8. The standard InChI is InChI=1S/C12H12O4/c13-11-9(4-5-15-11)7-2-1-3-8-10(7)6-16-12(8)14/h3-4,7,10H,1-2,5-6H2. The quantitative estimate of drug-likeness (QED) is 0.618. The number of fused-ring (bicyclic) bond motifs is 1. The Morgan fingerprint density at radius 2 is 1.75 bits per heavy atom. The number of carbonyl (C=O) groups excluding carboxylic acids is 2. The van der Waals surface area contributed by atoms with E-state index in [1.807, 2.05) is 12.2 Å². The second kappa shape index (κ2) is 3.47. The van der Waals surface area contributed by atoms with Crippen LogP contribution in [-0.2, 0) is 19.1 Å². The molecule has 2 unspecified atom stereocenters. The Labute approximate surface area is 92.9 Å². The van der Waals surface area contributed by atoms with E-state index in [1.165, 1.54) is 0 Å². The van der Waals surface area contributed by atoms with Gasteiger partial charge in [0.1, 0.15) is 6.61 Å². The minimum Gasteiger partial charge on any atom is -0.462 e. The van der Waals surface area contributed by atoms with E-state index in [1.54, 1.807) is 0 Å². The topological polar surface area (TPSA) is 52.6 Å². The highest BCUT2D eigenvalue weighted by molar-refractivity contribution is 5.94. The van der Waals surface area contributed by atoms with E-state index in [0.717, 1.165) is 24.0 Å². The Morgan fingerprint density at radius 3 is 2.50 bits per heavy atom. The van der Waals surface area contributed by atoms with Crippen LogP contribution >= 0.6 is 0 Å². The molecule has 0 aromatic carbocycles. The maximum atomic E-state index is 11.5. The molecule has 0 aromatic heterocycles. The van der Waals surface area contributed by atoms with Crippen LogP contribution in [0.1, 0.15) is 12.8 Å². The first-order chi connectivity index (χ1) is 7.77. The van der Waals surface area contributed by atoms with Crippen molar-refractivity contribution in [3.05, 3.63) is 23.3 Å². The van der Waals surface area contributed by atoms with Crippen molar-refractivity contribution in [1.29, 1.82) is 0 Å². The molecule has 1 saturated heterocycles. The van der Waals surface area contributed by atoms with Crippen molar-refractivity contribution in [2.75, 3.05) is 13.2 Å². The van der Waals surface area contributed by atoms with E-state index in [4.69, 9.17) is 9.47 Å². The second-order valence-electron chi connectivity index (χ2n) is 4.31. The van der Waals surface area contributed by atoms with Gasteiger partial charge in [0.25, 0.3) is 0 Å². The average molecular weight is 220 g/mol. The van der Waals surface area contributed by atoms with Gasteiger partial charge in [-0.15, -0.1) is 0 Å². The molecule has 2 atom stereocenters. The number of esters is 2. The maximum Gasteiger partial charge on any atom is 0.334 e. The van der Waals surface area contributed by atoms with Crippen molar-refractivity contribution in [3.8, 4) is 0 Å². The van der Waals surface area contributed by atoms with Crippen molar-refractivity contribution in [2.24, 2.45) is 11.8 Å². The zero-order chi connectivity index (χ0) is 11.1. The fraction of sp³-hybridized carbons (Fsp3) is 0.500. The zero-order valence-electron chi connectivity index (χ0n) is 8.77. The first-order valence-corrected chi connectivity index (χ1v) is 5.51. The van der Waals surface area contributed by atoms with Crippen LogP contribution in [0.15, 0.2) is 23.3 Å². The number of hydrogen-bond acceptors (Lipinski definition) is 4. The molecule has 1 fully saturated rings. The maximum absolute atomic E-state index is 11.5. The van der Waals surface area contributed by atoms with Crippen LogP contribution in [0.25, 0.3) is 0 Å². The van der Waals surface area contributed by atoms with Crippen LogP contribution in [0.2, 0.25) is 0 Å². The minimum absolute atomic E-state index is 0.0538. The van der Waals surface area contributed by atoms with Gasteiger partial charge in [0, 0.05) is 23.0 Å². The van der Waals surface area contributed by atoms with E-state index in [2.05, 4.69) is 0 Å². The molecule has 0 N–H and O–H groups in total. The lowest BCUT2D eigenvalue weighted by molar-refractivity contribution is -0.136. The molecule has 16 heavy (non-hydrogen) atoms. The number of ether oxygens (including phenoxy) is 2. The highest BCUT2D eigenvalue weighted by Crippen LogP contribution is 2.40. The Kier molecular flexibility index (Phi) is 2.09. The third kappa shape index (κ3) is 1.29. The van der Waals surface area contributed by atoms with Gasteiger partial charge in [-0.05, 0) is 18.9 Å². The lowest BCUT2D eigenvalue weighted by Gasteiger charge is -2.25. The van der Waals surface area contributed by atoms with Gasteiger partial charge in [-0.3, -0.25) is 0 Å². The van der Waals surface area contributed by atoms with Gasteiger partial charge in [-0.2, -0.15) is 0 Å². The lowest BCUT2D eigenvalue weighted by Crippen LogP contribution is -2.24. The van der Waals surface area contributed by atoms with E-state index in [9.17, 15) is 9.59 Å². The molecule has 3 rings (SSSR count). The van der Waals surface area contributed by atoms with Crippen molar-refractivity contribution in [1.82, 2.24) is 0 Å². The smallest absolute Gasteiger partial charge is 0.334 e. The number of allylic oxidation sites excluding steroid dienone is 1. The molecule has 4 nitrogen and oxygen atoms in total. The van der Waals surface area contributed by atoms with Crippen molar-refractivity contribution >= 4 is 11.9 Å². The Balaban J connectivity index is 1.91. The summed E-state index contributed by atoms with van der Waals surface area (Å²) in [6.07, 6.45) is 5.50. The van der Waals surface area contributed by atoms with Crippen LogP contribution in [0.5, 0.6) is 0 Å². The SMILES string of the molecule is O=C1OCC=C1C1CCC=C2C(=O)OCC21. The molecule has 2 aliphatic heterocycles. The summed E-state index contributed by atoms with van der Waals surface area (Å²) in [6, 6.07) is 0. The predicted octanol–water partition coefficient (Wildman–Crippen LogP) is 0.979. The summed E-state index contributed by atoms with van der Waals surface area (Å²) in [7, 11) is 0. The van der Waals surface area contributed by atoms with Gasteiger partial charge in [-0.1, -0.05) is 6.08 Å². The third-order valence-electron chi connectivity index (χ3n) is 3.51. The molecule has 0 spiro atoms. The summed E-state index contributed by atoms with van der Waals surface area (Å²) >= 11 is 0. The van der Waals surface area contributed by atoms with Crippen molar-refractivity contribution in [2.45, 2.75) is 12.8 Å². The Bertz CT molecular complexity index is 419. The fourth-order valence-corrected chi connectivity index (χ4v) is 2.73. The number of cyclic esters (lactones) is 2. The molecule has 1 aliphatic carbocycles. The summed E-state index contributed by atoms with van der Waals surface area (Å²) in [5, 5.41) is 0. The average Bonchev–Trinajstić information content (AvgIpc) is 2.86. The molecular weight excluding hydrogens is 208 g/mol. The molecule has 0 amide bonds. The first kappa shape index (κ1) is 9.63. The van der Waals surface area contributed by atoms with Crippen molar-refractivity contribution in [3.63, 3.8) is 0 Å². The zero-order valence-corrected chi connectivity index (χ0v) is 8.77. The van der Waals surface area contributed by atoms with Crippen LogP contribution in [0.4, 0.5) is 0 Å². The van der Waals surface area contributed by atoms with Gasteiger partial charge >= 0.3 is 11.9 Å². The van der Waals surface area contributed by atoms with Gasteiger partial charge in [0.15, 0.2) is 0 Å². The van der Waals surface area contributed by atoms with Crippen LogP contribution in [0.3, 0.4) is 0 Å². The fourth-order valence-electron chi connectivity index (χ4n) is 2.73. The summed E-state index contributed by atoms with van der Waals surface area (Å²) in [5.74, 6) is -0.299. The number of hydrogen-bond donors (Lipinski definition) is 0. The van der Waals surface area contributed by atoms with Gasteiger partial charge < -0.3 is 9.47 Å². The van der Waals surface area contributed by atoms with Gasteiger partial charge in [0.2, 0.25) is 0 Å². The van der Waals surface area contributed by atoms with Crippen LogP contribution in [-0.4, -0.2) is 25.2 Å². The largest absolute Gasteiger partial charge is 0.462 e. The molecule has 3 aliphatic rings.